The van der Waals surface area contributed by atoms with Gasteiger partial charge in [-0.25, -0.2) is 4.79 Å². The summed E-state index contributed by atoms with van der Waals surface area (Å²) in [7, 11) is 0. The van der Waals surface area contributed by atoms with Gasteiger partial charge in [-0.3, -0.25) is 0 Å². The highest BCUT2D eigenvalue weighted by molar-refractivity contribution is 5.87. The van der Waals surface area contributed by atoms with Crippen molar-refractivity contribution in [2.75, 3.05) is 11.4 Å². The van der Waals surface area contributed by atoms with E-state index < -0.39 is 5.97 Å². The Morgan fingerprint density at radius 3 is 2.80 bits per heavy atom. The zero-order valence-corrected chi connectivity index (χ0v) is 12.5. The van der Waals surface area contributed by atoms with Gasteiger partial charge in [0.25, 0.3) is 0 Å². The summed E-state index contributed by atoms with van der Waals surface area (Å²) in [6, 6.07) is 6.77. The highest BCUT2D eigenvalue weighted by Gasteiger charge is 2.24. The van der Waals surface area contributed by atoms with Gasteiger partial charge in [-0.05, 0) is 56.4 Å². The molecule has 1 aliphatic rings. The number of carboxylic acids is 1. The predicted octanol–water partition coefficient (Wildman–Crippen LogP) is 3.72. The Morgan fingerprint density at radius 1 is 1.35 bits per heavy atom. The Kier molecular flexibility index (Phi) is 4.48. The molecule has 3 heteroatoms. The Labute approximate surface area is 120 Å². The van der Waals surface area contributed by atoms with E-state index in [0.717, 1.165) is 23.4 Å². The molecule has 2 rings (SSSR count). The summed E-state index contributed by atoms with van der Waals surface area (Å²) in [6.07, 6.45) is 5.38. The average Bonchev–Trinajstić information content (AvgIpc) is 2.39. The van der Waals surface area contributed by atoms with Crippen LogP contribution in [0, 0.1) is 12.8 Å². The smallest absolute Gasteiger partial charge is 0.328 e. The van der Waals surface area contributed by atoms with Crippen LogP contribution in [0.15, 0.2) is 24.3 Å². The normalized spacial score (nSPS) is 23.2. The van der Waals surface area contributed by atoms with Crippen LogP contribution in [0.1, 0.15) is 37.8 Å². The third kappa shape index (κ3) is 3.41. The van der Waals surface area contributed by atoms with Crippen LogP contribution in [0.5, 0.6) is 0 Å². The summed E-state index contributed by atoms with van der Waals surface area (Å²) in [6.45, 7) is 7.60. The lowest BCUT2D eigenvalue weighted by molar-refractivity contribution is -0.131. The van der Waals surface area contributed by atoms with E-state index in [2.05, 4.69) is 36.9 Å². The topological polar surface area (TPSA) is 40.5 Å². The van der Waals surface area contributed by atoms with Gasteiger partial charge < -0.3 is 10.0 Å². The van der Waals surface area contributed by atoms with Crippen LogP contribution < -0.4 is 4.90 Å². The van der Waals surface area contributed by atoms with Crippen LogP contribution >= 0.6 is 0 Å². The number of hydrogen-bond donors (Lipinski definition) is 1. The molecule has 0 aliphatic carbocycles. The third-order valence-electron chi connectivity index (χ3n) is 4.02. The van der Waals surface area contributed by atoms with Gasteiger partial charge in [0.15, 0.2) is 0 Å². The molecule has 1 fully saturated rings. The molecule has 1 aromatic carbocycles. The van der Waals surface area contributed by atoms with E-state index in [4.69, 9.17) is 5.11 Å². The number of aliphatic carboxylic acids is 1. The van der Waals surface area contributed by atoms with Crippen molar-refractivity contribution < 1.29 is 9.90 Å². The van der Waals surface area contributed by atoms with Gasteiger partial charge in [-0.1, -0.05) is 18.6 Å². The lowest BCUT2D eigenvalue weighted by Gasteiger charge is -2.39. The second kappa shape index (κ2) is 6.12. The molecule has 1 aromatic rings. The molecule has 2 unspecified atom stereocenters. The van der Waals surface area contributed by atoms with Gasteiger partial charge in [0.05, 0.1) is 0 Å². The maximum atomic E-state index is 10.8. The molecule has 0 saturated carbocycles. The van der Waals surface area contributed by atoms with Crippen molar-refractivity contribution in [1.29, 1.82) is 0 Å². The molecule has 20 heavy (non-hydrogen) atoms. The fourth-order valence-electron chi connectivity index (χ4n) is 2.85. The van der Waals surface area contributed by atoms with Crippen molar-refractivity contribution in [3.05, 3.63) is 35.4 Å². The van der Waals surface area contributed by atoms with E-state index in [9.17, 15) is 4.79 Å². The number of carbonyl (C=O) groups is 1. The van der Waals surface area contributed by atoms with E-state index in [1.54, 1.807) is 6.08 Å². The van der Waals surface area contributed by atoms with E-state index in [-0.39, 0.29) is 0 Å². The zero-order chi connectivity index (χ0) is 14.7. The zero-order valence-electron chi connectivity index (χ0n) is 12.5. The minimum atomic E-state index is -0.905. The van der Waals surface area contributed by atoms with Gasteiger partial charge in [-0.2, -0.15) is 0 Å². The minimum Gasteiger partial charge on any atom is -0.478 e. The molecule has 108 valence electrons. The van der Waals surface area contributed by atoms with Gasteiger partial charge in [-0.15, -0.1) is 0 Å². The van der Waals surface area contributed by atoms with Crippen LogP contribution in [0.2, 0.25) is 0 Å². The Balaban J connectivity index is 2.36. The maximum absolute atomic E-state index is 10.8. The standard InChI is InChI=1S/C17H23NO2/c1-12-5-8-16(15(10-12)7-9-17(19)20)18-11-13(2)4-6-14(18)3/h5,7-10,13-14H,4,6,11H2,1-3H3,(H,19,20)/b9-7+. The number of rotatable bonds is 3. The molecule has 3 nitrogen and oxygen atoms in total. The second-order valence-corrected chi connectivity index (χ2v) is 5.92. The summed E-state index contributed by atoms with van der Waals surface area (Å²) in [5, 5.41) is 8.84. The molecule has 0 bridgehead atoms. The molecule has 1 saturated heterocycles. The van der Waals surface area contributed by atoms with Crippen molar-refractivity contribution in [3.63, 3.8) is 0 Å². The van der Waals surface area contributed by atoms with Gasteiger partial charge in [0.2, 0.25) is 0 Å². The van der Waals surface area contributed by atoms with Gasteiger partial charge >= 0.3 is 5.97 Å². The highest BCUT2D eigenvalue weighted by atomic mass is 16.4. The molecule has 1 aliphatic heterocycles. The maximum Gasteiger partial charge on any atom is 0.328 e. The van der Waals surface area contributed by atoms with Crippen LogP contribution in [-0.2, 0) is 4.79 Å². The Morgan fingerprint density at radius 2 is 2.10 bits per heavy atom. The first kappa shape index (κ1) is 14.6. The van der Waals surface area contributed by atoms with Crippen LogP contribution in [-0.4, -0.2) is 23.7 Å². The fourth-order valence-corrected chi connectivity index (χ4v) is 2.85. The van der Waals surface area contributed by atoms with Gasteiger partial charge in [0, 0.05) is 24.4 Å². The number of nitrogens with zero attached hydrogens (tertiary/aromatic N) is 1. The third-order valence-corrected chi connectivity index (χ3v) is 4.02. The number of anilines is 1. The summed E-state index contributed by atoms with van der Waals surface area (Å²) in [5.41, 5.74) is 3.29. The molecule has 2 atom stereocenters. The van der Waals surface area contributed by atoms with E-state index in [0.29, 0.717) is 12.0 Å². The largest absolute Gasteiger partial charge is 0.478 e. The van der Waals surface area contributed by atoms with Crippen molar-refractivity contribution in [1.82, 2.24) is 0 Å². The molecule has 0 spiro atoms. The van der Waals surface area contributed by atoms with Crippen LogP contribution in [0.4, 0.5) is 5.69 Å². The summed E-state index contributed by atoms with van der Waals surface area (Å²) < 4.78 is 0. The van der Waals surface area contributed by atoms with Crippen LogP contribution in [0.3, 0.4) is 0 Å². The lowest BCUT2D eigenvalue weighted by atomic mass is 9.93. The molecule has 0 radical (unpaired) electrons. The van der Waals surface area contributed by atoms with Crippen LogP contribution in [0.25, 0.3) is 6.08 Å². The number of benzene rings is 1. The molecule has 1 heterocycles. The number of piperidine rings is 1. The first-order valence-electron chi connectivity index (χ1n) is 7.25. The average molecular weight is 273 g/mol. The number of carboxylic acid groups (broad SMARTS) is 1. The SMILES string of the molecule is Cc1ccc(N2CC(C)CCC2C)c(/C=C/C(=O)O)c1. The van der Waals surface area contributed by atoms with Crippen molar-refractivity contribution in [2.24, 2.45) is 5.92 Å². The molecule has 0 aromatic heterocycles. The first-order chi connectivity index (χ1) is 9.47. The monoisotopic (exact) mass is 273 g/mol. The quantitative estimate of drug-likeness (QED) is 0.853. The van der Waals surface area contributed by atoms with E-state index >= 15 is 0 Å². The number of aryl methyl sites for hydroxylation is 1. The predicted molar refractivity (Wildman–Crippen MR) is 83.1 cm³/mol. The second-order valence-electron chi connectivity index (χ2n) is 5.92. The molecule has 0 amide bonds. The summed E-state index contributed by atoms with van der Waals surface area (Å²) >= 11 is 0. The molecular formula is C17H23NO2. The first-order valence-corrected chi connectivity index (χ1v) is 7.25. The minimum absolute atomic E-state index is 0.505. The van der Waals surface area contributed by atoms with E-state index in [1.807, 2.05) is 6.92 Å². The Hall–Kier alpha value is -1.77. The molecular weight excluding hydrogens is 250 g/mol. The summed E-state index contributed by atoms with van der Waals surface area (Å²) in [5.74, 6) is -0.221. The Bertz CT molecular complexity index is 522. The van der Waals surface area contributed by atoms with Crippen molar-refractivity contribution in [3.8, 4) is 0 Å². The summed E-state index contributed by atoms with van der Waals surface area (Å²) in [4.78, 5) is 13.2. The number of hydrogen-bond acceptors (Lipinski definition) is 2. The lowest BCUT2D eigenvalue weighted by Crippen LogP contribution is -2.41. The van der Waals surface area contributed by atoms with Crippen molar-refractivity contribution >= 4 is 17.7 Å². The fraction of sp³-hybridized carbons (Fsp3) is 0.471. The highest BCUT2D eigenvalue weighted by Crippen LogP contribution is 2.31. The van der Waals surface area contributed by atoms with E-state index in [1.165, 1.54) is 18.9 Å². The van der Waals surface area contributed by atoms with Gasteiger partial charge in [0.1, 0.15) is 0 Å². The van der Waals surface area contributed by atoms with Crippen molar-refractivity contribution in [2.45, 2.75) is 39.7 Å². The molecule has 1 N–H and O–H groups in total.